The van der Waals surface area contributed by atoms with Crippen LogP contribution in [0, 0.1) is 0 Å². The van der Waals surface area contributed by atoms with E-state index >= 15 is 0 Å². The highest BCUT2D eigenvalue weighted by atomic mass is 32.2. The van der Waals surface area contributed by atoms with Crippen LogP contribution in [0.3, 0.4) is 0 Å². The fourth-order valence-electron chi connectivity index (χ4n) is 2.83. The van der Waals surface area contributed by atoms with Crippen molar-refractivity contribution < 1.29 is 4.79 Å². The molecule has 0 atom stereocenters. The molecule has 6 nitrogen and oxygen atoms in total. The number of amides is 1. The van der Waals surface area contributed by atoms with E-state index in [1.165, 1.54) is 0 Å². The molecule has 0 bridgehead atoms. The van der Waals surface area contributed by atoms with E-state index in [2.05, 4.69) is 35.8 Å². The standard InChI is InChI=1S/C17H23N5OS/c1-17(2,3)24-15-10-13(4-7-19-15)16(23)21-8-5-14(6-9-21)22-12-18-11-20-22/h4,7,10-12,14H,5-6,8-9H2,1-3H3. The molecule has 3 rings (SSSR count). The number of pyridine rings is 1. The van der Waals surface area contributed by atoms with Gasteiger partial charge in [0.15, 0.2) is 0 Å². The molecule has 1 aliphatic rings. The van der Waals surface area contributed by atoms with Gasteiger partial charge in [-0.05, 0) is 25.0 Å². The van der Waals surface area contributed by atoms with Crippen LogP contribution in [0.5, 0.6) is 0 Å². The summed E-state index contributed by atoms with van der Waals surface area (Å²) in [5.74, 6) is 0.0881. The Bertz CT molecular complexity index is 687. The molecule has 0 unspecified atom stereocenters. The monoisotopic (exact) mass is 345 g/mol. The maximum Gasteiger partial charge on any atom is 0.254 e. The number of hydrogen-bond donors (Lipinski definition) is 0. The minimum atomic E-state index is 0.0742. The Morgan fingerprint density at radius 1 is 1.29 bits per heavy atom. The molecule has 0 saturated carbocycles. The van der Waals surface area contributed by atoms with Gasteiger partial charge in [0, 0.05) is 29.6 Å². The first-order valence-corrected chi connectivity index (χ1v) is 9.02. The van der Waals surface area contributed by atoms with Gasteiger partial charge in [0.2, 0.25) is 0 Å². The lowest BCUT2D eigenvalue weighted by atomic mass is 10.0. The van der Waals surface area contributed by atoms with Crippen LogP contribution in [0.2, 0.25) is 0 Å². The van der Waals surface area contributed by atoms with E-state index in [0.717, 1.165) is 36.5 Å². The Morgan fingerprint density at radius 2 is 2.04 bits per heavy atom. The number of carbonyl (C=O) groups excluding carboxylic acids is 1. The predicted octanol–water partition coefficient (Wildman–Crippen LogP) is 3.04. The lowest BCUT2D eigenvalue weighted by Gasteiger charge is -2.32. The van der Waals surface area contributed by atoms with Gasteiger partial charge in [-0.15, -0.1) is 11.8 Å². The molecular weight excluding hydrogens is 322 g/mol. The lowest BCUT2D eigenvalue weighted by molar-refractivity contribution is 0.0689. The molecule has 1 aliphatic heterocycles. The van der Waals surface area contributed by atoms with E-state index in [1.807, 2.05) is 15.6 Å². The molecule has 2 aromatic rings. The zero-order chi connectivity index (χ0) is 17.2. The largest absolute Gasteiger partial charge is 0.338 e. The normalized spacial score (nSPS) is 16.4. The SMILES string of the molecule is CC(C)(C)Sc1cc(C(=O)N2CCC(n3cncn3)CC2)ccn1. The number of likely N-dealkylation sites (tertiary alicyclic amines) is 1. The number of piperidine rings is 1. The molecule has 0 radical (unpaired) electrons. The van der Waals surface area contributed by atoms with Gasteiger partial charge in [-0.3, -0.25) is 4.79 Å². The molecule has 0 N–H and O–H groups in total. The van der Waals surface area contributed by atoms with Gasteiger partial charge >= 0.3 is 0 Å². The Hall–Kier alpha value is -1.89. The molecule has 0 aliphatic carbocycles. The zero-order valence-corrected chi connectivity index (χ0v) is 15.2. The van der Waals surface area contributed by atoms with Gasteiger partial charge in [-0.1, -0.05) is 20.8 Å². The van der Waals surface area contributed by atoms with Crippen LogP contribution in [0.4, 0.5) is 0 Å². The average molecular weight is 345 g/mol. The molecule has 7 heteroatoms. The Balaban J connectivity index is 1.64. The third-order valence-electron chi connectivity index (χ3n) is 3.95. The summed E-state index contributed by atoms with van der Waals surface area (Å²) in [4.78, 5) is 23.1. The predicted molar refractivity (Wildman–Crippen MR) is 94.0 cm³/mol. The second-order valence-corrected chi connectivity index (χ2v) is 8.84. The summed E-state index contributed by atoms with van der Waals surface area (Å²) in [6, 6.07) is 4.04. The summed E-state index contributed by atoms with van der Waals surface area (Å²) in [7, 11) is 0. The van der Waals surface area contributed by atoms with Gasteiger partial charge in [0.25, 0.3) is 5.91 Å². The van der Waals surface area contributed by atoms with E-state index in [9.17, 15) is 4.79 Å². The van der Waals surface area contributed by atoms with Crippen LogP contribution >= 0.6 is 11.8 Å². The summed E-state index contributed by atoms with van der Waals surface area (Å²) in [5, 5.41) is 5.10. The minimum Gasteiger partial charge on any atom is -0.338 e. The fourth-order valence-corrected chi connectivity index (χ4v) is 3.76. The average Bonchev–Trinajstić information content (AvgIpc) is 3.07. The number of rotatable bonds is 3. The Labute approximate surface area is 146 Å². The van der Waals surface area contributed by atoms with Crippen LogP contribution < -0.4 is 0 Å². The van der Waals surface area contributed by atoms with Crippen molar-refractivity contribution in [1.82, 2.24) is 24.6 Å². The first kappa shape index (κ1) is 17.0. The lowest BCUT2D eigenvalue weighted by Crippen LogP contribution is -2.39. The first-order chi connectivity index (χ1) is 11.4. The first-order valence-electron chi connectivity index (χ1n) is 8.21. The van der Waals surface area contributed by atoms with Gasteiger partial charge in [-0.2, -0.15) is 5.10 Å². The van der Waals surface area contributed by atoms with Gasteiger partial charge < -0.3 is 4.90 Å². The number of nitrogens with zero attached hydrogens (tertiary/aromatic N) is 5. The molecule has 24 heavy (non-hydrogen) atoms. The zero-order valence-electron chi connectivity index (χ0n) is 14.3. The summed E-state index contributed by atoms with van der Waals surface area (Å²) >= 11 is 1.68. The van der Waals surface area contributed by atoms with Crippen LogP contribution in [0.1, 0.15) is 50.0 Å². The number of hydrogen-bond acceptors (Lipinski definition) is 5. The Kier molecular flexibility index (Phi) is 4.89. The van der Waals surface area contributed by atoms with Crippen molar-refractivity contribution in [2.45, 2.75) is 49.4 Å². The van der Waals surface area contributed by atoms with Crippen LogP contribution in [-0.4, -0.2) is 48.4 Å². The van der Waals surface area contributed by atoms with Crippen LogP contribution in [0.15, 0.2) is 36.0 Å². The molecular formula is C17H23N5OS. The number of thioether (sulfide) groups is 1. The molecule has 0 spiro atoms. The topological polar surface area (TPSA) is 63.9 Å². The third kappa shape index (κ3) is 4.14. The molecule has 3 heterocycles. The molecule has 2 aromatic heterocycles. The van der Waals surface area contributed by atoms with Crippen molar-refractivity contribution in [1.29, 1.82) is 0 Å². The van der Waals surface area contributed by atoms with Gasteiger partial charge in [0.05, 0.1) is 11.1 Å². The van der Waals surface area contributed by atoms with E-state index in [4.69, 9.17) is 0 Å². The van der Waals surface area contributed by atoms with Gasteiger partial charge in [-0.25, -0.2) is 14.6 Å². The van der Waals surface area contributed by atoms with Crippen molar-refractivity contribution >= 4 is 17.7 Å². The number of carbonyl (C=O) groups is 1. The van der Waals surface area contributed by atoms with E-state index in [0.29, 0.717) is 6.04 Å². The fraction of sp³-hybridized carbons (Fsp3) is 0.529. The van der Waals surface area contributed by atoms with Gasteiger partial charge in [0.1, 0.15) is 12.7 Å². The number of aromatic nitrogens is 4. The minimum absolute atomic E-state index is 0.0742. The smallest absolute Gasteiger partial charge is 0.254 e. The third-order valence-corrected chi connectivity index (χ3v) is 5.00. The highest BCUT2D eigenvalue weighted by molar-refractivity contribution is 8.00. The quantitative estimate of drug-likeness (QED) is 0.800. The van der Waals surface area contributed by atoms with Crippen molar-refractivity contribution in [2.24, 2.45) is 0 Å². The van der Waals surface area contributed by atoms with Crippen molar-refractivity contribution in [3.05, 3.63) is 36.5 Å². The van der Waals surface area contributed by atoms with Crippen LogP contribution in [-0.2, 0) is 0 Å². The van der Waals surface area contributed by atoms with Crippen molar-refractivity contribution in [3.63, 3.8) is 0 Å². The molecule has 1 fully saturated rings. The maximum absolute atomic E-state index is 12.8. The summed E-state index contributed by atoms with van der Waals surface area (Å²) in [5.41, 5.74) is 0.718. The van der Waals surface area contributed by atoms with E-state index < -0.39 is 0 Å². The second-order valence-electron chi connectivity index (χ2n) is 7.00. The highest BCUT2D eigenvalue weighted by Gasteiger charge is 2.25. The Morgan fingerprint density at radius 3 is 2.67 bits per heavy atom. The molecule has 128 valence electrons. The maximum atomic E-state index is 12.8. The van der Waals surface area contributed by atoms with Crippen molar-refractivity contribution in [3.8, 4) is 0 Å². The highest BCUT2D eigenvalue weighted by Crippen LogP contribution is 2.31. The second kappa shape index (κ2) is 6.93. The van der Waals surface area contributed by atoms with E-state index in [-0.39, 0.29) is 10.7 Å². The summed E-state index contributed by atoms with van der Waals surface area (Å²) in [6.45, 7) is 7.91. The molecule has 1 amide bonds. The van der Waals surface area contributed by atoms with E-state index in [1.54, 1.807) is 36.7 Å². The molecule has 0 aromatic carbocycles. The summed E-state index contributed by atoms with van der Waals surface area (Å²) < 4.78 is 1.97. The summed E-state index contributed by atoms with van der Waals surface area (Å²) in [6.07, 6.45) is 6.85. The molecule has 1 saturated heterocycles. The van der Waals surface area contributed by atoms with Crippen LogP contribution in [0.25, 0.3) is 0 Å². The van der Waals surface area contributed by atoms with Crippen molar-refractivity contribution in [2.75, 3.05) is 13.1 Å².